The average Bonchev–Trinajstić information content (AvgIpc) is 2.29. The minimum absolute atomic E-state index is 0.00327. The number of carbonyl (C=O) groups excluding carboxylic acids is 1. The molecule has 0 aliphatic heterocycles. The molecule has 1 aromatic carbocycles. The van der Waals surface area contributed by atoms with E-state index in [2.05, 4.69) is 26.6 Å². The summed E-state index contributed by atoms with van der Waals surface area (Å²) in [7, 11) is 0. The number of nitrogens with one attached hydrogen (secondary N) is 2. The molecule has 0 aliphatic rings. The minimum Gasteiger partial charge on any atom is -0.348 e. The van der Waals surface area contributed by atoms with Crippen molar-refractivity contribution in [1.29, 1.82) is 0 Å². The molecule has 0 spiro atoms. The molecule has 0 radical (unpaired) electrons. The third-order valence-electron chi connectivity index (χ3n) is 2.90. The van der Waals surface area contributed by atoms with Crippen LogP contribution in [0.5, 0.6) is 0 Å². The van der Waals surface area contributed by atoms with E-state index in [-0.39, 0.29) is 11.9 Å². The summed E-state index contributed by atoms with van der Waals surface area (Å²) in [6.07, 6.45) is 0. The van der Waals surface area contributed by atoms with Crippen molar-refractivity contribution < 1.29 is 4.79 Å². The Morgan fingerprint density at radius 3 is 2.39 bits per heavy atom. The van der Waals surface area contributed by atoms with Crippen LogP contribution in [-0.2, 0) is 4.79 Å². The maximum absolute atomic E-state index is 12.1. The maximum Gasteiger partial charge on any atom is 0.240 e. The van der Waals surface area contributed by atoms with Gasteiger partial charge in [0.25, 0.3) is 0 Å². The number of amides is 1. The predicted molar refractivity (Wildman–Crippen MR) is 78.5 cm³/mol. The normalized spacial score (nSPS) is 13.2. The van der Waals surface area contributed by atoms with Gasteiger partial charge in [-0.1, -0.05) is 35.0 Å². The molecular formula is C14H21BrN2O. The smallest absolute Gasteiger partial charge is 0.240 e. The molecule has 1 atom stereocenters. The lowest BCUT2D eigenvalue weighted by Gasteiger charge is -2.27. The summed E-state index contributed by atoms with van der Waals surface area (Å²) >= 11 is 3.40. The van der Waals surface area contributed by atoms with Crippen molar-refractivity contribution in [3.8, 4) is 0 Å². The van der Waals surface area contributed by atoms with E-state index < -0.39 is 5.54 Å². The van der Waals surface area contributed by atoms with Crippen LogP contribution in [0.25, 0.3) is 0 Å². The summed E-state index contributed by atoms with van der Waals surface area (Å²) in [5.41, 5.74) is 0.553. The van der Waals surface area contributed by atoms with E-state index in [9.17, 15) is 4.79 Å². The third-order valence-corrected chi connectivity index (χ3v) is 3.43. The highest BCUT2D eigenvalue weighted by Crippen LogP contribution is 2.17. The number of rotatable bonds is 5. The lowest BCUT2D eigenvalue weighted by Crippen LogP contribution is -2.52. The number of hydrogen-bond acceptors (Lipinski definition) is 2. The van der Waals surface area contributed by atoms with Crippen molar-refractivity contribution in [2.45, 2.75) is 39.3 Å². The van der Waals surface area contributed by atoms with Crippen LogP contribution in [0.2, 0.25) is 0 Å². The molecule has 100 valence electrons. The van der Waals surface area contributed by atoms with Crippen LogP contribution in [0.15, 0.2) is 28.7 Å². The van der Waals surface area contributed by atoms with Gasteiger partial charge in [0.05, 0.1) is 11.6 Å². The van der Waals surface area contributed by atoms with Gasteiger partial charge in [0.15, 0.2) is 0 Å². The molecule has 1 amide bonds. The van der Waals surface area contributed by atoms with Crippen LogP contribution < -0.4 is 10.6 Å². The van der Waals surface area contributed by atoms with Gasteiger partial charge < -0.3 is 10.6 Å². The fraction of sp³-hybridized carbons (Fsp3) is 0.500. The van der Waals surface area contributed by atoms with Gasteiger partial charge in [-0.3, -0.25) is 4.79 Å². The summed E-state index contributed by atoms with van der Waals surface area (Å²) < 4.78 is 1.04. The molecule has 0 unspecified atom stereocenters. The summed E-state index contributed by atoms with van der Waals surface area (Å²) in [6.45, 7) is 8.53. The molecule has 0 fully saturated rings. The zero-order valence-corrected chi connectivity index (χ0v) is 13.0. The second kappa shape index (κ2) is 6.34. The third kappa shape index (κ3) is 4.10. The van der Waals surface area contributed by atoms with Crippen molar-refractivity contribution >= 4 is 21.8 Å². The Bertz CT molecular complexity index is 401. The van der Waals surface area contributed by atoms with Crippen LogP contribution in [0.1, 0.15) is 39.3 Å². The van der Waals surface area contributed by atoms with Gasteiger partial charge in [0, 0.05) is 4.47 Å². The van der Waals surface area contributed by atoms with Crippen molar-refractivity contribution in [2.24, 2.45) is 0 Å². The van der Waals surface area contributed by atoms with Crippen molar-refractivity contribution in [3.05, 3.63) is 34.3 Å². The lowest BCUT2D eigenvalue weighted by atomic mass is 10.0. The summed E-state index contributed by atoms with van der Waals surface area (Å²) in [5, 5.41) is 6.19. The van der Waals surface area contributed by atoms with Crippen LogP contribution in [0.3, 0.4) is 0 Å². The Labute approximate surface area is 117 Å². The van der Waals surface area contributed by atoms with Gasteiger partial charge in [0.1, 0.15) is 0 Å². The van der Waals surface area contributed by atoms with E-state index in [0.717, 1.165) is 16.6 Å². The molecule has 1 rings (SSSR count). The predicted octanol–water partition coefficient (Wildman–Crippen LogP) is 3.01. The lowest BCUT2D eigenvalue weighted by molar-refractivity contribution is -0.127. The fourth-order valence-electron chi connectivity index (χ4n) is 1.73. The highest BCUT2D eigenvalue weighted by atomic mass is 79.9. The first kappa shape index (κ1) is 15.2. The van der Waals surface area contributed by atoms with Gasteiger partial charge in [0.2, 0.25) is 5.91 Å². The molecule has 0 bridgehead atoms. The molecule has 0 saturated carbocycles. The van der Waals surface area contributed by atoms with E-state index in [1.807, 2.05) is 52.0 Å². The van der Waals surface area contributed by atoms with Crippen molar-refractivity contribution in [2.75, 3.05) is 6.54 Å². The largest absolute Gasteiger partial charge is 0.348 e. The van der Waals surface area contributed by atoms with E-state index in [0.29, 0.717) is 0 Å². The fourth-order valence-corrected chi connectivity index (χ4v) is 2.00. The quantitative estimate of drug-likeness (QED) is 0.877. The monoisotopic (exact) mass is 312 g/mol. The Morgan fingerprint density at radius 1 is 1.33 bits per heavy atom. The zero-order chi connectivity index (χ0) is 13.8. The molecule has 4 heteroatoms. The van der Waals surface area contributed by atoms with Crippen LogP contribution in [-0.4, -0.2) is 18.0 Å². The van der Waals surface area contributed by atoms with Gasteiger partial charge in [-0.25, -0.2) is 0 Å². The summed E-state index contributed by atoms with van der Waals surface area (Å²) in [4.78, 5) is 12.1. The Kier molecular flexibility index (Phi) is 5.35. The Balaban J connectivity index is 2.67. The molecule has 2 N–H and O–H groups in total. The summed E-state index contributed by atoms with van der Waals surface area (Å²) in [6, 6.07) is 7.98. The highest BCUT2D eigenvalue weighted by Gasteiger charge is 2.27. The Morgan fingerprint density at radius 2 is 1.89 bits per heavy atom. The van der Waals surface area contributed by atoms with Gasteiger partial charge >= 0.3 is 0 Å². The van der Waals surface area contributed by atoms with E-state index in [4.69, 9.17) is 0 Å². The number of carbonyl (C=O) groups is 1. The van der Waals surface area contributed by atoms with Gasteiger partial charge in [-0.2, -0.15) is 0 Å². The molecule has 0 aliphatic carbocycles. The van der Waals surface area contributed by atoms with Crippen LogP contribution in [0, 0.1) is 0 Å². The van der Waals surface area contributed by atoms with Gasteiger partial charge in [-0.05, 0) is 45.0 Å². The molecule has 0 saturated heterocycles. The zero-order valence-electron chi connectivity index (χ0n) is 11.4. The average molecular weight is 313 g/mol. The number of likely N-dealkylation sites (N-methyl/N-ethyl adjacent to an activating group) is 1. The van der Waals surface area contributed by atoms with Crippen molar-refractivity contribution in [3.63, 3.8) is 0 Å². The van der Waals surface area contributed by atoms with Crippen LogP contribution >= 0.6 is 15.9 Å². The number of benzene rings is 1. The number of halogens is 1. The highest BCUT2D eigenvalue weighted by molar-refractivity contribution is 9.10. The SMILES string of the molecule is CCNC(C)(C)C(=O)N[C@H](C)c1ccc(Br)cc1. The van der Waals surface area contributed by atoms with E-state index in [1.54, 1.807) is 0 Å². The van der Waals surface area contributed by atoms with E-state index in [1.165, 1.54) is 0 Å². The molecular weight excluding hydrogens is 292 g/mol. The van der Waals surface area contributed by atoms with Crippen LogP contribution in [0.4, 0.5) is 0 Å². The molecule has 1 aromatic rings. The Hall–Kier alpha value is -0.870. The van der Waals surface area contributed by atoms with Gasteiger partial charge in [-0.15, -0.1) is 0 Å². The minimum atomic E-state index is -0.543. The standard InChI is InChI=1S/C14H21BrN2O/c1-5-16-14(3,4)13(18)17-10(2)11-6-8-12(15)9-7-11/h6-10,16H,5H2,1-4H3,(H,17,18)/t10-/m1/s1. The molecule has 0 heterocycles. The first-order chi connectivity index (χ1) is 8.36. The molecule has 3 nitrogen and oxygen atoms in total. The van der Waals surface area contributed by atoms with Crippen molar-refractivity contribution in [1.82, 2.24) is 10.6 Å². The topological polar surface area (TPSA) is 41.1 Å². The summed E-state index contributed by atoms with van der Waals surface area (Å²) in [5.74, 6) is 0.0137. The molecule has 0 aromatic heterocycles. The number of hydrogen-bond donors (Lipinski definition) is 2. The second-order valence-corrected chi connectivity index (χ2v) is 5.82. The maximum atomic E-state index is 12.1. The molecule has 18 heavy (non-hydrogen) atoms. The second-order valence-electron chi connectivity index (χ2n) is 4.90. The van der Waals surface area contributed by atoms with E-state index >= 15 is 0 Å². The first-order valence-electron chi connectivity index (χ1n) is 6.18. The first-order valence-corrected chi connectivity index (χ1v) is 6.97.